The number of benzene rings is 2. The molecule has 0 saturated carbocycles. The van der Waals surface area contributed by atoms with Gasteiger partial charge in [0.25, 0.3) is 5.91 Å². The molecule has 106 valence electrons. The summed E-state index contributed by atoms with van der Waals surface area (Å²) in [6.07, 6.45) is 3.52. The maximum absolute atomic E-state index is 12.4. The maximum Gasteiger partial charge on any atom is 0.274 e. The van der Waals surface area contributed by atoms with Crippen molar-refractivity contribution in [3.63, 3.8) is 0 Å². The van der Waals surface area contributed by atoms with Gasteiger partial charge in [-0.2, -0.15) is 0 Å². The highest BCUT2D eigenvalue weighted by atomic mass is 16.1. The molecule has 4 heteroatoms. The number of nitrogens with one attached hydrogen (secondary N) is 2. The van der Waals surface area contributed by atoms with Crippen LogP contribution in [0.4, 0.5) is 5.69 Å². The number of pyridine rings is 1. The van der Waals surface area contributed by atoms with Crippen molar-refractivity contribution in [2.75, 3.05) is 5.32 Å². The van der Waals surface area contributed by atoms with Gasteiger partial charge in [-0.05, 0) is 17.5 Å². The number of para-hydroxylation sites is 1. The molecular weight excluding hydrogens is 274 g/mol. The van der Waals surface area contributed by atoms with Crippen LogP contribution in [0, 0.1) is 0 Å². The molecule has 4 nitrogen and oxygen atoms in total. The van der Waals surface area contributed by atoms with Crippen LogP contribution in [0.25, 0.3) is 21.7 Å². The van der Waals surface area contributed by atoms with Crippen molar-refractivity contribution in [3.8, 4) is 0 Å². The molecule has 2 aromatic carbocycles. The van der Waals surface area contributed by atoms with Crippen molar-refractivity contribution in [2.45, 2.75) is 0 Å². The van der Waals surface area contributed by atoms with Crippen LogP contribution < -0.4 is 5.32 Å². The Hall–Kier alpha value is -3.14. The molecule has 0 unspecified atom stereocenters. The van der Waals surface area contributed by atoms with Crippen molar-refractivity contribution >= 4 is 33.3 Å². The fourth-order valence-electron chi connectivity index (χ4n) is 2.57. The van der Waals surface area contributed by atoms with Gasteiger partial charge in [-0.15, -0.1) is 0 Å². The SMILES string of the molecule is O=C(Nc1c[nH]c2ccccc12)c1cc2ccccc2cn1. The number of nitrogens with zero attached hydrogens (tertiary/aromatic N) is 1. The predicted molar refractivity (Wildman–Crippen MR) is 88.0 cm³/mol. The van der Waals surface area contributed by atoms with Crippen LogP contribution in [0.5, 0.6) is 0 Å². The lowest BCUT2D eigenvalue weighted by atomic mass is 10.1. The number of anilines is 1. The number of hydrogen-bond donors (Lipinski definition) is 2. The van der Waals surface area contributed by atoms with E-state index in [0.29, 0.717) is 5.69 Å². The number of rotatable bonds is 2. The second-order valence-corrected chi connectivity index (χ2v) is 5.12. The summed E-state index contributed by atoms with van der Waals surface area (Å²) in [6, 6.07) is 17.5. The summed E-state index contributed by atoms with van der Waals surface area (Å²) in [7, 11) is 0. The quantitative estimate of drug-likeness (QED) is 0.586. The van der Waals surface area contributed by atoms with Gasteiger partial charge in [0.1, 0.15) is 5.69 Å². The third-order valence-corrected chi connectivity index (χ3v) is 3.70. The Bertz CT molecular complexity index is 988. The van der Waals surface area contributed by atoms with Crippen molar-refractivity contribution < 1.29 is 4.79 Å². The van der Waals surface area contributed by atoms with Gasteiger partial charge in [-0.1, -0.05) is 42.5 Å². The van der Waals surface area contributed by atoms with E-state index in [1.165, 1.54) is 0 Å². The van der Waals surface area contributed by atoms with Crippen LogP contribution >= 0.6 is 0 Å². The van der Waals surface area contributed by atoms with E-state index in [1.54, 1.807) is 18.5 Å². The van der Waals surface area contributed by atoms with Crippen LogP contribution in [-0.4, -0.2) is 15.9 Å². The van der Waals surface area contributed by atoms with Gasteiger partial charge in [0.2, 0.25) is 0 Å². The Morgan fingerprint density at radius 1 is 1.00 bits per heavy atom. The number of aromatic nitrogens is 2. The fraction of sp³-hybridized carbons (Fsp3) is 0. The summed E-state index contributed by atoms with van der Waals surface area (Å²) >= 11 is 0. The monoisotopic (exact) mass is 287 g/mol. The van der Waals surface area contributed by atoms with Crippen molar-refractivity contribution in [3.05, 3.63) is 72.7 Å². The lowest BCUT2D eigenvalue weighted by Gasteiger charge is -2.04. The number of amides is 1. The normalized spacial score (nSPS) is 10.9. The second-order valence-electron chi connectivity index (χ2n) is 5.12. The number of aromatic amines is 1. The van der Waals surface area contributed by atoms with Gasteiger partial charge < -0.3 is 10.3 Å². The molecule has 0 spiro atoms. The van der Waals surface area contributed by atoms with E-state index in [9.17, 15) is 4.79 Å². The van der Waals surface area contributed by atoms with Gasteiger partial charge in [-0.3, -0.25) is 9.78 Å². The molecule has 0 aliphatic heterocycles. The Morgan fingerprint density at radius 3 is 2.68 bits per heavy atom. The van der Waals surface area contributed by atoms with Crippen molar-refractivity contribution in [1.29, 1.82) is 0 Å². The smallest absolute Gasteiger partial charge is 0.274 e. The molecule has 0 fully saturated rings. The molecule has 22 heavy (non-hydrogen) atoms. The van der Waals surface area contributed by atoms with E-state index in [2.05, 4.69) is 15.3 Å². The Labute approximate surface area is 126 Å². The standard InChI is InChI=1S/C18H13N3O/c22-18(16-9-12-5-1-2-6-13(12)10-19-16)21-17-11-20-15-8-4-3-7-14(15)17/h1-11,20H,(H,21,22). The predicted octanol–water partition coefficient (Wildman–Crippen LogP) is 3.97. The molecule has 0 bridgehead atoms. The van der Waals surface area contributed by atoms with Crippen LogP contribution in [0.15, 0.2) is 67.0 Å². The van der Waals surface area contributed by atoms with E-state index in [0.717, 1.165) is 27.4 Å². The third-order valence-electron chi connectivity index (χ3n) is 3.70. The highest BCUT2D eigenvalue weighted by Crippen LogP contribution is 2.23. The van der Waals surface area contributed by atoms with E-state index < -0.39 is 0 Å². The van der Waals surface area contributed by atoms with Gasteiger partial charge in [0.05, 0.1) is 5.69 Å². The zero-order valence-corrected chi connectivity index (χ0v) is 11.7. The average molecular weight is 287 g/mol. The number of carbonyl (C=O) groups is 1. The molecule has 2 N–H and O–H groups in total. The first kappa shape index (κ1) is 12.6. The summed E-state index contributed by atoms with van der Waals surface area (Å²) in [5.41, 5.74) is 2.16. The van der Waals surface area contributed by atoms with Crippen LogP contribution in [0.2, 0.25) is 0 Å². The molecule has 2 heterocycles. The molecule has 4 aromatic rings. The Morgan fingerprint density at radius 2 is 1.77 bits per heavy atom. The Kier molecular flexibility index (Phi) is 2.86. The molecule has 1 amide bonds. The van der Waals surface area contributed by atoms with Crippen LogP contribution in [0.3, 0.4) is 0 Å². The second kappa shape index (κ2) is 5.00. The highest BCUT2D eigenvalue weighted by molar-refractivity contribution is 6.09. The minimum Gasteiger partial charge on any atom is -0.359 e. The first-order chi connectivity index (χ1) is 10.8. The van der Waals surface area contributed by atoms with E-state index in [-0.39, 0.29) is 5.91 Å². The van der Waals surface area contributed by atoms with Crippen molar-refractivity contribution in [2.24, 2.45) is 0 Å². The number of fused-ring (bicyclic) bond motifs is 2. The first-order valence-electron chi connectivity index (χ1n) is 7.03. The maximum atomic E-state index is 12.4. The van der Waals surface area contributed by atoms with E-state index in [4.69, 9.17) is 0 Å². The molecule has 0 aliphatic rings. The summed E-state index contributed by atoms with van der Waals surface area (Å²) < 4.78 is 0. The van der Waals surface area contributed by atoms with E-state index >= 15 is 0 Å². The molecular formula is C18H13N3O. The van der Waals surface area contributed by atoms with Crippen LogP contribution in [0.1, 0.15) is 10.5 Å². The largest absolute Gasteiger partial charge is 0.359 e. The molecule has 0 atom stereocenters. The molecule has 0 saturated heterocycles. The number of H-pyrrole nitrogens is 1. The summed E-state index contributed by atoms with van der Waals surface area (Å²) in [6.45, 7) is 0. The topological polar surface area (TPSA) is 57.8 Å². The molecule has 4 rings (SSSR count). The molecule has 2 aromatic heterocycles. The summed E-state index contributed by atoms with van der Waals surface area (Å²) in [4.78, 5) is 19.8. The molecule has 0 radical (unpaired) electrons. The zero-order valence-electron chi connectivity index (χ0n) is 11.7. The van der Waals surface area contributed by atoms with Crippen LogP contribution in [-0.2, 0) is 0 Å². The first-order valence-corrected chi connectivity index (χ1v) is 7.03. The summed E-state index contributed by atoms with van der Waals surface area (Å²) in [5.74, 6) is -0.212. The third kappa shape index (κ3) is 2.11. The fourth-order valence-corrected chi connectivity index (χ4v) is 2.57. The number of hydrogen-bond acceptors (Lipinski definition) is 2. The van der Waals surface area contributed by atoms with Gasteiger partial charge in [-0.25, -0.2) is 0 Å². The minimum atomic E-state index is -0.212. The van der Waals surface area contributed by atoms with Gasteiger partial charge in [0, 0.05) is 28.7 Å². The van der Waals surface area contributed by atoms with Crippen molar-refractivity contribution in [1.82, 2.24) is 9.97 Å². The van der Waals surface area contributed by atoms with E-state index in [1.807, 2.05) is 48.5 Å². The highest BCUT2D eigenvalue weighted by Gasteiger charge is 2.11. The van der Waals surface area contributed by atoms with Gasteiger partial charge >= 0.3 is 0 Å². The zero-order chi connectivity index (χ0) is 14.9. The minimum absolute atomic E-state index is 0.212. The lowest BCUT2D eigenvalue weighted by molar-refractivity contribution is 0.102. The van der Waals surface area contributed by atoms with Gasteiger partial charge in [0.15, 0.2) is 0 Å². The number of carbonyl (C=O) groups excluding carboxylic acids is 1. The Balaban J connectivity index is 1.68. The molecule has 0 aliphatic carbocycles. The summed E-state index contributed by atoms with van der Waals surface area (Å²) in [5, 5.41) is 5.92. The lowest BCUT2D eigenvalue weighted by Crippen LogP contribution is -2.13. The average Bonchev–Trinajstić information content (AvgIpc) is 2.97.